The zero-order valence-electron chi connectivity index (χ0n) is 15.3. The number of benzene rings is 1. The summed E-state index contributed by atoms with van der Waals surface area (Å²) < 4.78 is 13.3. The molecule has 5 heteroatoms. The predicted octanol–water partition coefficient (Wildman–Crippen LogP) is 2.45. The number of carbonyl (C=O) groups excluding carboxylic acids is 1. The summed E-state index contributed by atoms with van der Waals surface area (Å²) in [6, 6.07) is 6.30. The van der Waals surface area contributed by atoms with E-state index in [1.54, 1.807) is 18.0 Å². The Morgan fingerprint density at radius 2 is 1.88 bits per heavy atom. The minimum Gasteiger partial charge on any atom is -0.340 e. The van der Waals surface area contributed by atoms with Crippen molar-refractivity contribution >= 4 is 5.91 Å². The van der Waals surface area contributed by atoms with Crippen LogP contribution in [0.5, 0.6) is 0 Å². The molecule has 0 aliphatic carbocycles. The summed E-state index contributed by atoms with van der Waals surface area (Å²) >= 11 is 0. The lowest BCUT2D eigenvalue weighted by Gasteiger charge is -2.39. The number of rotatable bonds is 6. The van der Waals surface area contributed by atoms with Gasteiger partial charge in [0.05, 0.1) is 6.04 Å². The van der Waals surface area contributed by atoms with Crippen LogP contribution in [0.3, 0.4) is 0 Å². The van der Waals surface area contributed by atoms with E-state index in [0.29, 0.717) is 12.5 Å². The summed E-state index contributed by atoms with van der Waals surface area (Å²) in [4.78, 5) is 19.1. The second-order valence-corrected chi connectivity index (χ2v) is 7.23. The quantitative estimate of drug-likeness (QED) is 0.799. The molecule has 1 aromatic carbocycles. The van der Waals surface area contributed by atoms with Crippen LogP contribution in [0.25, 0.3) is 0 Å². The molecule has 4 nitrogen and oxygen atoms in total. The number of hydrogen-bond donors (Lipinski definition) is 0. The second-order valence-electron chi connectivity index (χ2n) is 7.23. The van der Waals surface area contributed by atoms with Crippen LogP contribution in [-0.4, -0.2) is 66.4 Å². The lowest BCUT2D eigenvalue weighted by atomic mass is 10.1. The third-order valence-electron chi connectivity index (χ3n) is 4.62. The van der Waals surface area contributed by atoms with Crippen molar-refractivity contribution < 1.29 is 9.18 Å². The number of piperazine rings is 1. The molecule has 1 aliphatic rings. The highest BCUT2D eigenvalue weighted by atomic mass is 19.1. The molecule has 1 amide bonds. The first-order valence-corrected chi connectivity index (χ1v) is 8.82. The molecule has 1 fully saturated rings. The van der Waals surface area contributed by atoms with Crippen LogP contribution in [-0.2, 0) is 11.3 Å². The highest BCUT2D eigenvalue weighted by molar-refractivity contribution is 5.81. The smallest absolute Gasteiger partial charge is 0.239 e. The van der Waals surface area contributed by atoms with Gasteiger partial charge in [0.1, 0.15) is 5.82 Å². The molecule has 2 rings (SSSR count). The lowest BCUT2D eigenvalue weighted by Crippen LogP contribution is -2.54. The third-order valence-corrected chi connectivity index (χ3v) is 4.62. The van der Waals surface area contributed by atoms with E-state index in [2.05, 4.69) is 23.6 Å². The Bertz CT molecular complexity index is 541. The average Bonchev–Trinajstić information content (AvgIpc) is 2.53. The van der Waals surface area contributed by atoms with E-state index >= 15 is 0 Å². The molecule has 0 N–H and O–H groups in total. The van der Waals surface area contributed by atoms with Gasteiger partial charge < -0.3 is 9.80 Å². The van der Waals surface area contributed by atoms with Crippen molar-refractivity contribution in [2.24, 2.45) is 5.92 Å². The van der Waals surface area contributed by atoms with Gasteiger partial charge in [-0.15, -0.1) is 0 Å². The van der Waals surface area contributed by atoms with Crippen molar-refractivity contribution in [2.45, 2.75) is 33.4 Å². The fourth-order valence-corrected chi connectivity index (χ4v) is 3.31. The zero-order valence-corrected chi connectivity index (χ0v) is 15.3. The number of likely N-dealkylation sites (N-methyl/N-ethyl adjacent to an activating group) is 1. The standard InChI is InChI=1S/C19H30FN3O/c1-15(2)13-22-8-10-23(11-9-22)16(3)19(24)21(4)14-17-6-5-7-18(20)12-17/h5-7,12,15-16H,8-11,13-14H2,1-4H3. The molecule has 1 saturated heterocycles. The number of halogens is 1. The van der Waals surface area contributed by atoms with Gasteiger partial charge in [-0.05, 0) is 30.5 Å². The Labute approximate surface area is 145 Å². The van der Waals surface area contributed by atoms with Crippen molar-refractivity contribution in [3.8, 4) is 0 Å². The monoisotopic (exact) mass is 335 g/mol. The number of nitrogens with zero attached hydrogens (tertiary/aromatic N) is 3. The molecule has 1 atom stereocenters. The SMILES string of the molecule is CC(C)CN1CCN(C(C)C(=O)N(C)Cc2cccc(F)c2)CC1. The molecule has 134 valence electrons. The van der Waals surface area contributed by atoms with Crippen LogP contribution < -0.4 is 0 Å². The summed E-state index contributed by atoms with van der Waals surface area (Å²) in [6.07, 6.45) is 0. The van der Waals surface area contributed by atoms with Crippen LogP contribution in [0.15, 0.2) is 24.3 Å². The number of amides is 1. The molecule has 1 unspecified atom stereocenters. The van der Waals surface area contributed by atoms with Gasteiger partial charge in [-0.2, -0.15) is 0 Å². The van der Waals surface area contributed by atoms with Gasteiger partial charge in [0.25, 0.3) is 0 Å². The third kappa shape index (κ3) is 5.28. The highest BCUT2D eigenvalue weighted by Crippen LogP contribution is 2.12. The summed E-state index contributed by atoms with van der Waals surface area (Å²) in [5.74, 6) is 0.507. The molecule has 0 radical (unpaired) electrons. The van der Waals surface area contributed by atoms with Crippen LogP contribution >= 0.6 is 0 Å². The largest absolute Gasteiger partial charge is 0.340 e. The first-order valence-electron chi connectivity index (χ1n) is 8.82. The van der Waals surface area contributed by atoms with Gasteiger partial charge in [0, 0.05) is 46.3 Å². The normalized spacial score (nSPS) is 17.9. The average molecular weight is 335 g/mol. The first-order chi connectivity index (χ1) is 11.4. The summed E-state index contributed by atoms with van der Waals surface area (Å²) in [5, 5.41) is 0. The van der Waals surface area contributed by atoms with Crippen molar-refractivity contribution in [3.05, 3.63) is 35.6 Å². The van der Waals surface area contributed by atoms with Crippen molar-refractivity contribution in [1.29, 1.82) is 0 Å². The molecule has 0 aromatic heterocycles. The van der Waals surface area contributed by atoms with Crippen molar-refractivity contribution in [3.63, 3.8) is 0 Å². The molecule has 0 saturated carbocycles. The highest BCUT2D eigenvalue weighted by Gasteiger charge is 2.27. The van der Waals surface area contributed by atoms with E-state index in [1.807, 2.05) is 13.0 Å². The van der Waals surface area contributed by atoms with Crippen molar-refractivity contribution in [1.82, 2.24) is 14.7 Å². The molecule has 1 aliphatic heterocycles. The molecule has 1 heterocycles. The molecule has 1 aromatic rings. The van der Waals surface area contributed by atoms with Crippen molar-refractivity contribution in [2.75, 3.05) is 39.8 Å². The minimum atomic E-state index is -0.261. The summed E-state index contributed by atoms with van der Waals surface area (Å²) in [7, 11) is 1.79. The van der Waals surface area contributed by atoms with E-state index in [4.69, 9.17) is 0 Å². The fraction of sp³-hybridized carbons (Fsp3) is 0.632. The fourth-order valence-electron chi connectivity index (χ4n) is 3.31. The van der Waals surface area contributed by atoms with Crippen LogP contribution in [0.4, 0.5) is 4.39 Å². The van der Waals surface area contributed by atoms with Gasteiger partial charge >= 0.3 is 0 Å². The molecule has 24 heavy (non-hydrogen) atoms. The summed E-state index contributed by atoms with van der Waals surface area (Å²) in [6.45, 7) is 11.9. The van der Waals surface area contributed by atoms with Gasteiger partial charge in [-0.1, -0.05) is 26.0 Å². The lowest BCUT2D eigenvalue weighted by molar-refractivity contribution is -0.136. The van der Waals surface area contributed by atoms with Crippen LogP contribution in [0, 0.1) is 11.7 Å². The molecule has 0 spiro atoms. The second kappa shape index (κ2) is 8.58. The Balaban J connectivity index is 1.85. The molecule has 0 bridgehead atoms. The van der Waals surface area contributed by atoms with Crippen LogP contribution in [0.2, 0.25) is 0 Å². The Hall–Kier alpha value is -1.46. The predicted molar refractivity (Wildman–Crippen MR) is 95.2 cm³/mol. The molecular weight excluding hydrogens is 305 g/mol. The maximum Gasteiger partial charge on any atom is 0.239 e. The number of hydrogen-bond acceptors (Lipinski definition) is 3. The van der Waals surface area contributed by atoms with Gasteiger partial charge in [-0.25, -0.2) is 4.39 Å². The van der Waals surface area contributed by atoms with E-state index in [1.165, 1.54) is 12.1 Å². The van der Waals surface area contributed by atoms with E-state index in [9.17, 15) is 9.18 Å². The first kappa shape index (κ1) is 18.9. The maximum atomic E-state index is 13.3. The van der Waals surface area contributed by atoms with Gasteiger partial charge in [0.15, 0.2) is 0 Å². The Kier molecular flexibility index (Phi) is 6.75. The van der Waals surface area contributed by atoms with Crippen LogP contribution in [0.1, 0.15) is 26.3 Å². The van der Waals surface area contributed by atoms with Gasteiger partial charge in [0.2, 0.25) is 5.91 Å². The zero-order chi connectivity index (χ0) is 17.7. The van der Waals surface area contributed by atoms with E-state index < -0.39 is 0 Å². The van der Waals surface area contributed by atoms with E-state index in [0.717, 1.165) is 38.3 Å². The van der Waals surface area contributed by atoms with Gasteiger partial charge in [-0.3, -0.25) is 9.69 Å². The maximum absolute atomic E-state index is 13.3. The summed E-state index contributed by atoms with van der Waals surface area (Å²) in [5.41, 5.74) is 0.819. The molecular formula is C19H30FN3O. The Morgan fingerprint density at radius 1 is 1.21 bits per heavy atom. The number of carbonyl (C=O) groups is 1. The minimum absolute atomic E-state index is 0.0940. The van der Waals surface area contributed by atoms with E-state index in [-0.39, 0.29) is 17.8 Å². The Morgan fingerprint density at radius 3 is 2.46 bits per heavy atom. The topological polar surface area (TPSA) is 26.8 Å².